The molecule has 27 heavy (non-hydrogen) atoms. The minimum atomic E-state index is -3.72. The molecule has 3 N–H and O–H groups in total. The minimum Gasteiger partial charge on any atom is -0.369 e. The van der Waals surface area contributed by atoms with E-state index in [2.05, 4.69) is 4.72 Å². The number of hydrogen-bond donors (Lipinski definition) is 2. The number of nitrogens with zero attached hydrogens (tertiary/aromatic N) is 1. The fourth-order valence-electron chi connectivity index (χ4n) is 3.05. The highest BCUT2D eigenvalue weighted by Gasteiger charge is 2.26. The molecule has 142 valence electrons. The van der Waals surface area contributed by atoms with Crippen LogP contribution in [0.1, 0.15) is 23.2 Å². The van der Waals surface area contributed by atoms with Crippen LogP contribution >= 0.6 is 0 Å². The number of benzene rings is 2. The zero-order valence-electron chi connectivity index (χ0n) is 14.7. The molecule has 0 atom stereocenters. The van der Waals surface area contributed by atoms with Crippen LogP contribution in [0.25, 0.3) is 0 Å². The van der Waals surface area contributed by atoms with E-state index in [1.807, 2.05) is 0 Å². The lowest BCUT2D eigenvalue weighted by atomic mass is 9.96. The monoisotopic (exact) mass is 387 g/mol. The van der Waals surface area contributed by atoms with Crippen molar-refractivity contribution < 1.29 is 18.0 Å². The Morgan fingerprint density at radius 2 is 1.56 bits per heavy atom. The molecule has 1 aliphatic rings. The van der Waals surface area contributed by atoms with Gasteiger partial charge in [-0.05, 0) is 49.2 Å². The summed E-state index contributed by atoms with van der Waals surface area (Å²) in [4.78, 5) is 25.5. The van der Waals surface area contributed by atoms with Crippen LogP contribution in [0, 0.1) is 5.92 Å². The lowest BCUT2D eigenvalue weighted by Crippen LogP contribution is -2.41. The summed E-state index contributed by atoms with van der Waals surface area (Å²) in [6, 6.07) is 14.4. The molecule has 0 aliphatic carbocycles. The quantitative estimate of drug-likeness (QED) is 0.815. The number of carbonyl (C=O) groups excluding carboxylic acids is 2. The van der Waals surface area contributed by atoms with Crippen LogP contribution in [-0.4, -0.2) is 38.2 Å². The van der Waals surface area contributed by atoms with Crippen LogP contribution in [0.2, 0.25) is 0 Å². The number of anilines is 1. The molecular formula is C19H21N3O4S. The zero-order chi connectivity index (χ0) is 19.4. The highest BCUT2D eigenvalue weighted by Crippen LogP contribution is 2.20. The largest absolute Gasteiger partial charge is 0.369 e. The molecule has 7 nitrogen and oxygen atoms in total. The Bertz CT molecular complexity index is 919. The first-order valence-corrected chi connectivity index (χ1v) is 10.1. The number of rotatable bonds is 5. The summed E-state index contributed by atoms with van der Waals surface area (Å²) >= 11 is 0. The van der Waals surface area contributed by atoms with Gasteiger partial charge in [0.25, 0.3) is 15.9 Å². The topological polar surface area (TPSA) is 110 Å². The fourth-order valence-corrected chi connectivity index (χ4v) is 4.11. The Morgan fingerprint density at radius 3 is 2.11 bits per heavy atom. The number of piperidine rings is 1. The molecule has 3 rings (SSSR count). The third-order valence-electron chi connectivity index (χ3n) is 4.62. The summed E-state index contributed by atoms with van der Waals surface area (Å²) in [6.07, 6.45) is 1.10. The molecule has 1 aliphatic heterocycles. The molecule has 2 aromatic rings. The van der Waals surface area contributed by atoms with Crippen LogP contribution in [0.5, 0.6) is 0 Å². The van der Waals surface area contributed by atoms with Gasteiger partial charge in [-0.2, -0.15) is 0 Å². The van der Waals surface area contributed by atoms with E-state index >= 15 is 0 Å². The maximum Gasteiger partial charge on any atom is 0.261 e. The molecule has 0 bridgehead atoms. The minimum absolute atomic E-state index is 0.0790. The molecule has 2 amide bonds. The van der Waals surface area contributed by atoms with Gasteiger partial charge in [0.1, 0.15) is 0 Å². The highest BCUT2D eigenvalue weighted by atomic mass is 32.2. The first kappa shape index (κ1) is 18.9. The summed E-state index contributed by atoms with van der Waals surface area (Å²) in [7, 11) is -3.72. The van der Waals surface area contributed by atoms with E-state index in [0.29, 0.717) is 37.2 Å². The summed E-state index contributed by atoms with van der Waals surface area (Å²) in [5.74, 6) is -0.703. The van der Waals surface area contributed by atoms with E-state index in [9.17, 15) is 18.0 Å². The number of hydrogen-bond acceptors (Lipinski definition) is 4. The predicted molar refractivity (Wildman–Crippen MR) is 102 cm³/mol. The van der Waals surface area contributed by atoms with Crippen molar-refractivity contribution in [2.45, 2.75) is 17.7 Å². The first-order valence-electron chi connectivity index (χ1n) is 8.63. The van der Waals surface area contributed by atoms with Crippen molar-refractivity contribution in [1.29, 1.82) is 0 Å². The normalized spacial score (nSPS) is 15.3. The van der Waals surface area contributed by atoms with Crippen LogP contribution in [0.3, 0.4) is 0 Å². The van der Waals surface area contributed by atoms with Crippen molar-refractivity contribution in [1.82, 2.24) is 4.90 Å². The number of para-hydroxylation sites is 1. The Morgan fingerprint density at radius 1 is 0.963 bits per heavy atom. The maximum absolute atomic E-state index is 12.6. The van der Waals surface area contributed by atoms with Crippen LogP contribution in [0.4, 0.5) is 5.69 Å². The maximum atomic E-state index is 12.6. The molecular weight excluding hydrogens is 366 g/mol. The number of amides is 2. The van der Waals surface area contributed by atoms with Crippen LogP contribution < -0.4 is 10.5 Å². The van der Waals surface area contributed by atoms with Gasteiger partial charge in [0, 0.05) is 30.3 Å². The molecule has 0 aromatic heterocycles. The summed E-state index contributed by atoms with van der Waals surface area (Å²) in [5.41, 5.74) is 6.18. The second-order valence-electron chi connectivity index (χ2n) is 6.46. The van der Waals surface area contributed by atoms with Gasteiger partial charge in [0.05, 0.1) is 4.90 Å². The second kappa shape index (κ2) is 7.79. The van der Waals surface area contributed by atoms with E-state index in [1.165, 1.54) is 24.3 Å². The van der Waals surface area contributed by atoms with E-state index in [0.717, 1.165) is 0 Å². The molecule has 0 unspecified atom stereocenters. The van der Waals surface area contributed by atoms with Gasteiger partial charge < -0.3 is 10.6 Å². The second-order valence-corrected chi connectivity index (χ2v) is 8.15. The van der Waals surface area contributed by atoms with Gasteiger partial charge in [-0.1, -0.05) is 18.2 Å². The highest BCUT2D eigenvalue weighted by molar-refractivity contribution is 7.92. The van der Waals surface area contributed by atoms with E-state index in [4.69, 9.17) is 5.73 Å². The third kappa shape index (κ3) is 4.46. The van der Waals surface area contributed by atoms with Gasteiger partial charge in [-0.25, -0.2) is 8.42 Å². The van der Waals surface area contributed by atoms with Crippen LogP contribution in [0.15, 0.2) is 59.5 Å². The van der Waals surface area contributed by atoms with Crippen molar-refractivity contribution in [3.8, 4) is 0 Å². The lowest BCUT2D eigenvalue weighted by molar-refractivity contribution is -0.123. The number of nitrogens with two attached hydrogens (primary N) is 1. The molecule has 0 radical (unpaired) electrons. The standard InChI is InChI=1S/C19H21N3O4S/c20-18(23)14-10-12-22(13-11-14)19(24)15-6-8-17(9-7-15)27(25,26)21-16-4-2-1-3-5-16/h1-9,14,21H,10-13H2,(H2,20,23). The molecule has 1 saturated heterocycles. The lowest BCUT2D eigenvalue weighted by Gasteiger charge is -2.30. The Labute approximate surface area is 158 Å². The van der Waals surface area contributed by atoms with Crippen molar-refractivity contribution in [3.05, 3.63) is 60.2 Å². The number of likely N-dealkylation sites (tertiary alicyclic amines) is 1. The van der Waals surface area contributed by atoms with E-state index in [1.54, 1.807) is 35.2 Å². The summed E-state index contributed by atoms with van der Waals surface area (Å²) in [5, 5.41) is 0. The molecule has 1 heterocycles. The third-order valence-corrected chi connectivity index (χ3v) is 6.02. The summed E-state index contributed by atoms with van der Waals surface area (Å²) < 4.78 is 27.4. The Balaban J connectivity index is 1.68. The van der Waals surface area contributed by atoms with Crippen molar-refractivity contribution in [2.24, 2.45) is 11.7 Å². The Hall–Kier alpha value is -2.87. The Kier molecular flexibility index (Phi) is 5.46. The fraction of sp³-hybridized carbons (Fsp3) is 0.263. The van der Waals surface area contributed by atoms with Gasteiger partial charge in [-0.15, -0.1) is 0 Å². The molecule has 0 spiro atoms. The average molecular weight is 387 g/mol. The van der Waals surface area contributed by atoms with E-state index in [-0.39, 0.29) is 22.6 Å². The first-order chi connectivity index (χ1) is 12.9. The molecule has 8 heteroatoms. The van der Waals surface area contributed by atoms with Crippen molar-refractivity contribution >= 4 is 27.5 Å². The number of sulfonamides is 1. The SMILES string of the molecule is NC(=O)C1CCN(C(=O)c2ccc(S(=O)(=O)Nc3ccccc3)cc2)CC1. The molecule has 2 aromatic carbocycles. The molecule has 0 saturated carbocycles. The summed E-state index contributed by atoms with van der Waals surface area (Å²) in [6.45, 7) is 0.921. The smallest absolute Gasteiger partial charge is 0.261 e. The van der Waals surface area contributed by atoms with Gasteiger partial charge in [0.2, 0.25) is 5.91 Å². The number of primary amides is 1. The van der Waals surface area contributed by atoms with Crippen molar-refractivity contribution in [2.75, 3.05) is 17.8 Å². The predicted octanol–water partition coefficient (Wildman–Crippen LogP) is 1.82. The van der Waals surface area contributed by atoms with Crippen LogP contribution in [-0.2, 0) is 14.8 Å². The average Bonchev–Trinajstić information content (AvgIpc) is 2.68. The zero-order valence-corrected chi connectivity index (χ0v) is 15.5. The van der Waals surface area contributed by atoms with E-state index < -0.39 is 10.0 Å². The number of carbonyl (C=O) groups is 2. The molecule has 1 fully saturated rings. The number of nitrogens with one attached hydrogen (secondary N) is 1. The van der Waals surface area contributed by atoms with Crippen molar-refractivity contribution in [3.63, 3.8) is 0 Å². The van der Waals surface area contributed by atoms with Gasteiger partial charge in [0.15, 0.2) is 0 Å². The van der Waals surface area contributed by atoms with Gasteiger partial charge >= 0.3 is 0 Å². The van der Waals surface area contributed by atoms with Gasteiger partial charge in [-0.3, -0.25) is 14.3 Å².